The first-order valence-electron chi connectivity index (χ1n) is 11.3. The van der Waals surface area contributed by atoms with E-state index in [4.69, 9.17) is 0 Å². The second kappa shape index (κ2) is 10.7. The van der Waals surface area contributed by atoms with E-state index in [2.05, 4.69) is 135 Å². The minimum absolute atomic E-state index is 0. The molecule has 0 fully saturated rings. The molecular weight excluding hydrogens is 542 g/mol. The number of fused-ring (bicyclic) bond motifs is 2. The molecule has 33 heavy (non-hydrogen) atoms. The third kappa shape index (κ3) is 4.97. The maximum Gasteiger partial charge on any atom is 2.00 e. The molecule has 0 nitrogen and oxygen atoms in total. The molecule has 162 valence electrons. The summed E-state index contributed by atoms with van der Waals surface area (Å²) in [7, 11) is 0. The van der Waals surface area contributed by atoms with Crippen molar-refractivity contribution in [3.05, 3.63) is 155 Å². The van der Waals surface area contributed by atoms with Gasteiger partial charge in [0.2, 0.25) is 0 Å². The van der Waals surface area contributed by atoms with Crippen LogP contribution in [0.5, 0.6) is 0 Å². The van der Waals surface area contributed by atoms with E-state index in [1.807, 2.05) is 0 Å². The van der Waals surface area contributed by atoms with Gasteiger partial charge < -0.3 is 0 Å². The first-order valence-corrected chi connectivity index (χ1v) is 11.3. The number of hydrogen-bond acceptors (Lipinski definition) is 0. The Labute approximate surface area is 229 Å². The zero-order valence-corrected chi connectivity index (χ0v) is 21.2. The second-order valence-electron chi connectivity index (χ2n) is 8.43. The van der Waals surface area contributed by atoms with E-state index in [0.29, 0.717) is 11.8 Å². The molecule has 4 aromatic carbocycles. The van der Waals surface area contributed by atoms with Crippen molar-refractivity contribution < 1.29 is 39.9 Å². The van der Waals surface area contributed by atoms with E-state index in [-0.39, 0.29) is 39.9 Å². The molecule has 0 amide bonds. The van der Waals surface area contributed by atoms with Crippen LogP contribution in [-0.4, -0.2) is 0 Å². The molecule has 0 aromatic heterocycles. The number of rotatable bonds is 2. The van der Waals surface area contributed by atoms with Crippen LogP contribution in [-0.2, 0) is 0 Å². The first-order chi connectivity index (χ1) is 15.7. The standard InChI is InChI=1S/2C16H13.Gd/c2*1-12-15-10-6-5-9-14(15)11-16(12)13-7-3-2-4-8-13;/h2*2-10,12H,1H3;/q2*-1;+2. The Morgan fingerprint density at radius 3 is 1.15 bits per heavy atom. The molecule has 0 spiro atoms. The van der Waals surface area contributed by atoms with Crippen molar-refractivity contribution in [3.63, 3.8) is 0 Å². The summed E-state index contributed by atoms with van der Waals surface area (Å²) < 4.78 is 0. The minimum atomic E-state index is 0. The zero-order valence-electron chi connectivity index (χ0n) is 18.9. The smallest absolute Gasteiger partial charge is 0.146 e. The molecule has 2 unspecified atom stereocenters. The molecule has 0 saturated heterocycles. The van der Waals surface area contributed by atoms with Gasteiger partial charge in [0.15, 0.2) is 0 Å². The second-order valence-corrected chi connectivity index (χ2v) is 8.43. The summed E-state index contributed by atoms with van der Waals surface area (Å²) in [6.07, 6.45) is 7.03. The molecule has 2 atom stereocenters. The van der Waals surface area contributed by atoms with Gasteiger partial charge in [0, 0.05) is 0 Å². The largest absolute Gasteiger partial charge is 2.00 e. The predicted octanol–water partition coefficient (Wildman–Crippen LogP) is 8.08. The molecular formula is C32H26Gd. The molecule has 0 N–H and O–H groups in total. The van der Waals surface area contributed by atoms with E-state index in [1.165, 1.54) is 44.5 Å². The van der Waals surface area contributed by atoms with Crippen molar-refractivity contribution in [1.82, 2.24) is 0 Å². The summed E-state index contributed by atoms with van der Waals surface area (Å²) in [5, 5.41) is 0. The van der Waals surface area contributed by atoms with Gasteiger partial charge in [-0.2, -0.15) is 0 Å². The fourth-order valence-electron chi connectivity index (χ4n) is 4.67. The molecule has 4 aromatic rings. The molecule has 0 aliphatic heterocycles. The summed E-state index contributed by atoms with van der Waals surface area (Å²) in [5.41, 5.74) is 10.5. The summed E-state index contributed by atoms with van der Waals surface area (Å²) in [5.74, 6) is 0.914. The Morgan fingerprint density at radius 2 is 0.788 bits per heavy atom. The van der Waals surface area contributed by atoms with Crippen LogP contribution < -0.4 is 0 Å². The molecule has 6 rings (SSSR count). The van der Waals surface area contributed by atoms with Crippen LogP contribution in [0, 0.1) is 52.1 Å². The molecule has 0 radical (unpaired) electrons. The summed E-state index contributed by atoms with van der Waals surface area (Å²) in [4.78, 5) is 0. The van der Waals surface area contributed by atoms with Crippen LogP contribution in [0.2, 0.25) is 0 Å². The third-order valence-electron chi connectivity index (χ3n) is 6.43. The van der Waals surface area contributed by atoms with E-state index in [0.717, 1.165) is 0 Å². The topological polar surface area (TPSA) is 0 Å². The fourth-order valence-corrected chi connectivity index (χ4v) is 4.67. The summed E-state index contributed by atoms with van der Waals surface area (Å²) in [6, 6.07) is 38.1. The van der Waals surface area contributed by atoms with Gasteiger partial charge in [-0.25, -0.2) is 0 Å². The Morgan fingerprint density at radius 1 is 0.455 bits per heavy atom. The Hall–Kier alpha value is -2.32. The zero-order chi connectivity index (χ0) is 21.9. The van der Waals surface area contributed by atoms with Gasteiger partial charge in [0.25, 0.3) is 0 Å². The van der Waals surface area contributed by atoms with Gasteiger partial charge in [-0.05, 0) is 11.8 Å². The van der Waals surface area contributed by atoms with Crippen LogP contribution >= 0.6 is 0 Å². The van der Waals surface area contributed by atoms with Gasteiger partial charge in [-0.3, -0.25) is 0 Å². The molecule has 1 heteroatoms. The summed E-state index contributed by atoms with van der Waals surface area (Å²) >= 11 is 0. The average molecular weight is 568 g/mol. The molecule has 2 aliphatic carbocycles. The van der Waals surface area contributed by atoms with E-state index < -0.39 is 0 Å². The Kier molecular flexibility index (Phi) is 7.76. The van der Waals surface area contributed by atoms with Crippen molar-refractivity contribution in [2.45, 2.75) is 25.7 Å². The number of allylic oxidation sites excluding steroid dienone is 2. The summed E-state index contributed by atoms with van der Waals surface area (Å²) in [6.45, 7) is 4.50. The number of benzene rings is 4. The predicted molar refractivity (Wildman–Crippen MR) is 134 cm³/mol. The van der Waals surface area contributed by atoms with Crippen LogP contribution in [0.1, 0.15) is 59.1 Å². The molecule has 0 bridgehead atoms. The quantitative estimate of drug-likeness (QED) is 0.215. The van der Waals surface area contributed by atoms with Crippen molar-refractivity contribution in [3.8, 4) is 0 Å². The Balaban J connectivity index is 0.000000152. The van der Waals surface area contributed by atoms with Gasteiger partial charge >= 0.3 is 39.9 Å². The normalized spacial score (nSPS) is 17.5. The van der Waals surface area contributed by atoms with Gasteiger partial charge in [-0.1, -0.05) is 97.8 Å². The van der Waals surface area contributed by atoms with Crippen LogP contribution in [0.15, 0.2) is 109 Å². The van der Waals surface area contributed by atoms with Crippen LogP contribution in [0.4, 0.5) is 0 Å². The maximum absolute atomic E-state index is 3.52. The average Bonchev–Trinajstić information content (AvgIpc) is 3.38. The molecule has 2 aliphatic rings. The van der Waals surface area contributed by atoms with Crippen molar-refractivity contribution in [2.24, 2.45) is 0 Å². The van der Waals surface area contributed by atoms with Crippen LogP contribution in [0.25, 0.3) is 11.1 Å². The number of hydrogen-bond donors (Lipinski definition) is 0. The van der Waals surface area contributed by atoms with Gasteiger partial charge in [0.05, 0.1) is 0 Å². The van der Waals surface area contributed by atoms with E-state index in [9.17, 15) is 0 Å². The van der Waals surface area contributed by atoms with Crippen LogP contribution in [0.3, 0.4) is 0 Å². The monoisotopic (exact) mass is 568 g/mol. The molecule has 0 heterocycles. The maximum atomic E-state index is 3.52. The minimum Gasteiger partial charge on any atom is -0.146 e. The van der Waals surface area contributed by atoms with Gasteiger partial charge in [-0.15, -0.1) is 82.0 Å². The van der Waals surface area contributed by atoms with Crippen molar-refractivity contribution in [2.75, 3.05) is 0 Å². The Bertz CT molecular complexity index is 1180. The van der Waals surface area contributed by atoms with E-state index in [1.54, 1.807) is 0 Å². The van der Waals surface area contributed by atoms with E-state index >= 15 is 0 Å². The molecule has 0 saturated carbocycles. The van der Waals surface area contributed by atoms with Gasteiger partial charge in [0.1, 0.15) is 0 Å². The third-order valence-corrected chi connectivity index (χ3v) is 6.43. The SMILES string of the molecule is CC1C(c2ccccc2)=[C-]c2ccccc21.CC1C(c2ccccc2)=[C-]c2ccccc21.[Gd+2]. The van der Waals surface area contributed by atoms with Crippen molar-refractivity contribution in [1.29, 1.82) is 0 Å². The fraction of sp³-hybridized carbons (Fsp3) is 0.125. The first kappa shape index (κ1) is 23.8. The van der Waals surface area contributed by atoms with Crippen molar-refractivity contribution >= 4 is 11.1 Å².